The van der Waals surface area contributed by atoms with Gasteiger partial charge >= 0.3 is 51.4 Å². The fourth-order valence-corrected chi connectivity index (χ4v) is 4.32. The zero-order valence-electron chi connectivity index (χ0n) is 17.5. The number of aliphatic hydroxyl groups is 1. The Morgan fingerprint density at radius 2 is 1.12 bits per heavy atom. The molecule has 0 aliphatic carbocycles. The summed E-state index contributed by atoms with van der Waals surface area (Å²) >= 11 is 0. The fraction of sp³-hybridized carbons (Fsp3) is 1.00. The Kier molecular flexibility index (Phi) is 22.6. The average molecular weight is 417 g/mol. The quantitative estimate of drug-likeness (QED) is 0.212. The molecule has 2 atom stereocenters. The number of unbranched alkanes of at least 4 members (excludes halogenated alkanes) is 9. The second kappa shape index (κ2) is 19.8. The van der Waals surface area contributed by atoms with Crippen LogP contribution in [0, 0.1) is 0 Å². The van der Waals surface area contributed by atoms with Crippen LogP contribution in [0.25, 0.3) is 0 Å². The van der Waals surface area contributed by atoms with E-state index in [0.717, 1.165) is 25.7 Å². The predicted molar refractivity (Wildman–Crippen MR) is 105 cm³/mol. The molecule has 0 saturated carbocycles. The van der Waals surface area contributed by atoms with Crippen LogP contribution < -0.4 is 51.4 Å². The third-order valence-corrected chi connectivity index (χ3v) is 6.26. The largest absolute Gasteiger partial charge is 1.00 e. The van der Waals surface area contributed by atoms with E-state index in [4.69, 9.17) is 0 Å². The molecule has 0 rings (SSSR count). The van der Waals surface area contributed by atoms with Crippen LogP contribution in [-0.2, 0) is 10.1 Å². The van der Waals surface area contributed by atoms with Gasteiger partial charge in [0, 0.05) is 5.25 Å². The van der Waals surface area contributed by atoms with Gasteiger partial charge in [0.15, 0.2) is 0 Å². The Balaban J connectivity index is 0. The molecule has 1 N–H and O–H groups in total. The van der Waals surface area contributed by atoms with Gasteiger partial charge in [-0.05, 0) is 25.7 Å². The van der Waals surface area contributed by atoms with Crippen molar-refractivity contribution in [3.63, 3.8) is 0 Å². The van der Waals surface area contributed by atoms with Crippen molar-refractivity contribution >= 4 is 10.1 Å². The van der Waals surface area contributed by atoms with Crippen LogP contribution in [0.2, 0.25) is 0 Å². The van der Waals surface area contributed by atoms with Crippen molar-refractivity contribution in [2.24, 2.45) is 0 Å². The van der Waals surface area contributed by atoms with E-state index in [9.17, 15) is 18.1 Å². The molecule has 0 aliphatic heterocycles. The average Bonchev–Trinajstić information content (AvgIpc) is 2.55. The standard InChI is InChI=1S/C20H42O4S.K/c1-3-5-6-7-8-9-10-11-12-16-19(21)17-13-14-18-20(15-4-2)25(22,23)24;/h19-21H,3-18H2,1-2H3,(H,22,23,24);/q;+1/p-1. The summed E-state index contributed by atoms with van der Waals surface area (Å²) < 4.78 is 33.4. The first-order valence-corrected chi connectivity index (χ1v) is 12.0. The van der Waals surface area contributed by atoms with Crippen molar-refractivity contribution in [3.8, 4) is 0 Å². The molecule has 0 radical (unpaired) electrons. The molecule has 0 fully saturated rings. The maximum atomic E-state index is 11.1. The molecule has 0 amide bonds. The van der Waals surface area contributed by atoms with E-state index in [1.54, 1.807) is 0 Å². The number of hydrogen-bond acceptors (Lipinski definition) is 4. The van der Waals surface area contributed by atoms with Gasteiger partial charge in [-0.25, -0.2) is 8.42 Å². The molecule has 0 aliphatic rings. The fourth-order valence-electron chi connectivity index (χ4n) is 3.34. The summed E-state index contributed by atoms with van der Waals surface area (Å²) in [5.41, 5.74) is 0. The Bertz CT molecular complexity index is 387. The summed E-state index contributed by atoms with van der Waals surface area (Å²) in [6, 6.07) is 0. The van der Waals surface area contributed by atoms with Crippen molar-refractivity contribution in [2.75, 3.05) is 0 Å². The summed E-state index contributed by atoms with van der Waals surface area (Å²) in [5, 5.41) is 9.25. The number of hydrogen-bond donors (Lipinski definition) is 1. The van der Waals surface area contributed by atoms with Crippen LogP contribution in [0.15, 0.2) is 0 Å². The molecule has 0 aromatic carbocycles. The maximum absolute atomic E-state index is 11.1. The molecule has 0 aromatic rings. The second-order valence-electron chi connectivity index (χ2n) is 7.46. The molecule has 0 heterocycles. The normalized spacial score (nSPS) is 14.0. The third-order valence-electron chi connectivity index (χ3n) is 4.97. The van der Waals surface area contributed by atoms with Crippen LogP contribution in [0.4, 0.5) is 0 Å². The van der Waals surface area contributed by atoms with Crippen LogP contribution in [-0.4, -0.2) is 29.4 Å². The van der Waals surface area contributed by atoms with E-state index >= 15 is 0 Å². The number of aliphatic hydroxyl groups excluding tert-OH is 1. The first-order chi connectivity index (χ1) is 11.9. The van der Waals surface area contributed by atoms with E-state index in [-0.39, 0.29) is 57.5 Å². The minimum absolute atomic E-state index is 0. The predicted octanol–water partition coefficient (Wildman–Crippen LogP) is 2.55. The van der Waals surface area contributed by atoms with Gasteiger partial charge in [-0.1, -0.05) is 90.9 Å². The Hall–Kier alpha value is 1.51. The third kappa shape index (κ3) is 18.9. The van der Waals surface area contributed by atoms with Crippen molar-refractivity contribution in [1.82, 2.24) is 0 Å². The van der Waals surface area contributed by atoms with Gasteiger partial charge in [0.05, 0.1) is 16.2 Å². The first-order valence-electron chi connectivity index (χ1n) is 10.5. The van der Waals surface area contributed by atoms with Gasteiger partial charge in [0.25, 0.3) is 0 Å². The zero-order chi connectivity index (χ0) is 19.0. The summed E-state index contributed by atoms with van der Waals surface area (Å²) in [6.07, 6.45) is 15.9. The summed E-state index contributed by atoms with van der Waals surface area (Å²) in [4.78, 5) is 0. The van der Waals surface area contributed by atoms with Crippen LogP contribution in [0.5, 0.6) is 0 Å². The van der Waals surface area contributed by atoms with Crippen molar-refractivity contribution < 1.29 is 69.5 Å². The van der Waals surface area contributed by atoms with Crippen molar-refractivity contribution in [3.05, 3.63) is 0 Å². The second-order valence-corrected chi connectivity index (χ2v) is 9.11. The molecular weight excluding hydrogens is 375 g/mol. The minimum Gasteiger partial charge on any atom is -0.748 e. The molecule has 26 heavy (non-hydrogen) atoms. The number of rotatable bonds is 18. The minimum atomic E-state index is -4.17. The Morgan fingerprint density at radius 1 is 0.692 bits per heavy atom. The van der Waals surface area contributed by atoms with Crippen LogP contribution in [0.3, 0.4) is 0 Å². The van der Waals surface area contributed by atoms with Gasteiger partial charge in [0.1, 0.15) is 0 Å². The summed E-state index contributed by atoms with van der Waals surface area (Å²) in [5.74, 6) is 0. The van der Waals surface area contributed by atoms with E-state index in [2.05, 4.69) is 6.92 Å². The van der Waals surface area contributed by atoms with Gasteiger partial charge in [-0.3, -0.25) is 0 Å². The molecule has 0 bridgehead atoms. The molecule has 0 aromatic heterocycles. The van der Waals surface area contributed by atoms with Gasteiger partial charge in [-0.2, -0.15) is 0 Å². The first kappa shape index (κ1) is 29.7. The maximum Gasteiger partial charge on any atom is 1.00 e. The smallest absolute Gasteiger partial charge is 0.748 e. The molecule has 152 valence electrons. The Labute approximate surface area is 205 Å². The van der Waals surface area contributed by atoms with Crippen molar-refractivity contribution in [1.29, 1.82) is 0 Å². The zero-order valence-corrected chi connectivity index (χ0v) is 21.5. The van der Waals surface area contributed by atoms with Crippen molar-refractivity contribution in [2.45, 2.75) is 128 Å². The summed E-state index contributed by atoms with van der Waals surface area (Å²) in [6.45, 7) is 4.13. The SMILES string of the molecule is CCCCCCCCCCCC(O)CCCCC(CCC)S(=O)(=O)[O-].[K+]. The summed E-state index contributed by atoms with van der Waals surface area (Å²) in [7, 11) is -4.17. The molecule has 0 spiro atoms. The molecule has 2 unspecified atom stereocenters. The topological polar surface area (TPSA) is 77.4 Å². The van der Waals surface area contributed by atoms with E-state index in [0.29, 0.717) is 25.7 Å². The van der Waals surface area contributed by atoms with E-state index in [1.165, 1.54) is 51.4 Å². The van der Waals surface area contributed by atoms with Crippen LogP contribution in [0.1, 0.15) is 117 Å². The van der Waals surface area contributed by atoms with Crippen LogP contribution >= 0.6 is 0 Å². The van der Waals surface area contributed by atoms with E-state index < -0.39 is 15.4 Å². The molecular formula is C20H41KO4S. The molecule has 6 heteroatoms. The van der Waals surface area contributed by atoms with Gasteiger partial charge in [0.2, 0.25) is 0 Å². The molecule has 4 nitrogen and oxygen atoms in total. The van der Waals surface area contributed by atoms with Gasteiger partial charge in [-0.15, -0.1) is 0 Å². The molecule has 0 saturated heterocycles. The van der Waals surface area contributed by atoms with Gasteiger partial charge < -0.3 is 9.66 Å². The Morgan fingerprint density at radius 3 is 1.58 bits per heavy atom. The monoisotopic (exact) mass is 416 g/mol. The van der Waals surface area contributed by atoms with E-state index in [1.807, 2.05) is 6.92 Å².